The standard InChI is InChI=1S/C25H41N5O6S/c1-14-15(2)21(16(3)17-12-25(7,8)36-20(14)17)37(33,34)30-23(27)28-11-9-10-18(26)22(32)29-13-19(31)35-24(4,5)6/h18H,9-13,26H2,1-8H3,(H,29,32)(H3,27,28,30)/t18-/m0/s1. The third-order valence-electron chi connectivity index (χ3n) is 5.95. The van der Waals surface area contributed by atoms with Gasteiger partial charge in [0, 0.05) is 18.5 Å². The highest BCUT2D eigenvalue weighted by atomic mass is 32.2. The quantitative estimate of drug-likeness (QED) is 0.136. The van der Waals surface area contributed by atoms with Crippen LogP contribution < -0.4 is 25.8 Å². The van der Waals surface area contributed by atoms with E-state index >= 15 is 0 Å². The molecule has 1 aromatic rings. The number of carbonyl (C=O) groups is 2. The normalized spacial score (nSPS) is 15.3. The molecule has 0 saturated heterocycles. The molecule has 0 saturated carbocycles. The molecule has 2 rings (SSSR count). The highest BCUT2D eigenvalue weighted by molar-refractivity contribution is 7.90. The predicted molar refractivity (Wildman–Crippen MR) is 141 cm³/mol. The fourth-order valence-corrected chi connectivity index (χ4v) is 5.73. The number of esters is 1. The molecule has 11 nitrogen and oxygen atoms in total. The zero-order valence-electron chi connectivity index (χ0n) is 23.0. The second-order valence-corrected chi connectivity index (χ2v) is 12.6. The third kappa shape index (κ3) is 8.06. The van der Waals surface area contributed by atoms with E-state index in [2.05, 4.69) is 15.4 Å². The maximum Gasteiger partial charge on any atom is 0.325 e. The van der Waals surface area contributed by atoms with Crippen LogP contribution in [0.25, 0.3) is 0 Å². The maximum absolute atomic E-state index is 13.2. The van der Waals surface area contributed by atoms with Crippen molar-refractivity contribution in [1.82, 2.24) is 15.4 Å². The van der Waals surface area contributed by atoms with E-state index < -0.39 is 39.1 Å². The van der Waals surface area contributed by atoms with Gasteiger partial charge >= 0.3 is 5.97 Å². The van der Waals surface area contributed by atoms with Crippen molar-refractivity contribution in [3.05, 3.63) is 22.3 Å². The first kappa shape index (κ1) is 30.4. The number of nitrogens with one attached hydrogen (secondary N) is 4. The summed E-state index contributed by atoms with van der Waals surface area (Å²) in [4.78, 5) is 24.0. The number of sulfonamides is 1. The lowest BCUT2D eigenvalue weighted by Gasteiger charge is -2.20. The van der Waals surface area contributed by atoms with Crippen molar-refractivity contribution in [3.63, 3.8) is 0 Å². The maximum atomic E-state index is 13.2. The van der Waals surface area contributed by atoms with Gasteiger partial charge in [-0.1, -0.05) is 0 Å². The zero-order valence-corrected chi connectivity index (χ0v) is 23.9. The second-order valence-electron chi connectivity index (χ2n) is 11.0. The number of rotatable bonds is 9. The van der Waals surface area contributed by atoms with Crippen LogP contribution in [0, 0.1) is 26.2 Å². The highest BCUT2D eigenvalue weighted by Crippen LogP contribution is 2.43. The number of ether oxygens (including phenoxy) is 2. The molecule has 1 atom stereocenters. The first-order valence-electron chi connectivity index (χ1n) is 12.3. The summed E-state index contributed by atoms with van der Waals surface area (Å²) in [6.07, 6.45) is 1.26. The van der Waals surface area contributed by atoms with E-state index in [4.69, 9.17) is 20.6 Å². The summed E-state index contributed by atoms with van der Waals surface area (Å²) < 4.78 is 39.9. The molecule has 0 unspecified atom stereocenters. The Morgan fingerprint density at radius 1 is 1.14 bits per heavy atom. The van der Waals surface area contributed by atoms with Crippen LogP contribution >= 0.6 is 0 Å². The van der Waals surface area contributed by atoms with Crippen LogP contribution in [0.1, 0.15) is 69.7 Å². The monoisotopic (exact) mass is 539 g/mol. The Hall–Kier alpha value is -2.86. The van der Waals surface area contributed by atoms with Crippen molar-refractivity contribution in [1.29, 1.82) is 5.41 Å². The predicted octanol–water partition coefficient (Wildman–Crippen LogP) is 1.69. The molecule has 0 fully saturated rings. The number of hydrogen-bond acceptors (Lipinski definition) is 8. The van der Waals surface area contributed by atoms with E-state index in [0.29, 0.717) is 24.0 Å². The van der Waals surface area contributed by atoms with Gasteiger partial charge in [-0.3, -0.25) is 15.0 Å². The summed E-state index contributed by atoms with van der Waals surface area (Å²) >= 11 is 0. The molecule has 0 bridgehead atoms. The second kappa shape index (κ2) is 11.3. The van der Waals surface area contributed by atoms with Gasteiger partial charge in [0.1, 0.15) is 23.5 Å². The lowest BCUT2D eigenvalue weighted by Crippen LogP contribution is -2.44. The summed E-state index contributed by atoms with van der Waals surface area (Å²) in [6.45, 7) is 14.4. The van der Waals surface area contributed by atoms with Crippen molar-refractivity contribution in [2.24, 2.45) is 5.73 Å². The van der Waals surface area contributed by atoms with Gasteiger partial charge in [-0.05, 0) is 84.9 Å². The summed E-state index contributed by atoms with van der Waals surface area (Å²) in [5, 5.41) is 13.2. The van der Waals surface area contributed by atoms with E-state index in [1.807, 2.05) is 20.8 Å². The fraction of sp³-hybridized carbons (Fsp3) is 0.640. The van der Waals surface area contributed by atoms with Crippen LogP contribution in [0.15, 0.2) is 4.90 Å². The number of carbonyl (C=O) groups excluding carboxylic acids is 2. The minimum absolute atomic E-state index is 0.153. The molecular formula is C25H41N5O6S. The largest absolute Gasteiger partial charge is 0.487 e. The van der Waals surface area contributed by atoms with Crippen LogP contribution in [0.4, 0.5) is 0 Å². The number of fused-ring (bicyclic) bond motifs is 1. The van der Waals surface area contributed by atoms with Gasteiger partial charge in [0.2, 0.25) is 11.9 Å². The average molecular weight is 540 g/mol. The van der Waals surface area contributed by atoms with E-state index in [9.17, 15) is 18.0 Å². The molecule has 6 N–H and O–H groups in total. The van der Waals surface area contributed by atoms with Crippen LogP contribution in [-0.2, 0) is 30.8 Å². The molecule has 0 spiro atoms. The molecule has 0 aliphatic carbocycles. The Morgan fingerprint density at radius 3 is 2.35 bits per heavy atom. The van der Waals surface area contributed by atoms with Gasteiger partial charge in [-0.25, -0.2) is 13.1 Å². The van der Waals surface area contributed by atoms with Gasteiger partial charge in [0.25, 0.3) is 10.0 Å². The molecular weight excluding hydrogens is 498 g/mol. The van der Waals surface area contributed by atoms with Gasteiger partial charge < -0.3 is 25.8 Å². The first-order valence-corrected chi connectivity index (χ1v) is 13.7. The highest BCUT2D eigenvalue weighted by Gasteiger charge is 2.36. The molecule has 1 aliphatic heterocycles. The lowest BCUT2D eigenvalue weighted by molar-refractivity contribution is -0.154. The van der Waals surface area contributed by atoms with E-state index in [0.717, 1.165) is 16.9 Å². The number of amides is 1. The topological polar surface area (TPSA) is 173 Å². The Morgan fingerprint density at radius 2 is 1.76 bits per heavy atom. The zero-order chi connectivity index (χ0) is 28.3. The van der Waals surface area contributed by atoms with E-state index in [1.54, 1.807) is 34.6 Å². The molecule has 1 aromatic carbocycles. The van der Waals surface area contributed by atoms with Crippen molar-refractivity contribution in [3.8, 4) is 5.75 Å². The van der Waals surface area contributed by atoms with Crippen molar-refractivity contribution >= 4 is 27.9 Å². The van der Waals surface area contributed by atoms with Crippen LogP contribution in [0.5, 0.6) is 5.75 Å². The van der Waals surface area contributed by atoms with E-state index in [1.165, 1.54) is 0 Å². The minimum Gasteiger partial charge on any atom is -0.487 e. The van der Waals surface area contributed by atoms with Gasteiger partial charge in [0.15, 0.2) is 0 Å². The molecule has 1 amide bonds. The number of guanidine groups is 1. The third-order valence-corrected chi connectivity index (χ3v) is 7.58. The number of nitrogens with two attached hydrogens (primary N) is 1. The summed E-state index contributed by atoms with van der Waals surface area (Å²) in [5.74, 6) is -0.697. The molecule has 0 radical (unpaired) electrons. The summed E-state index contributed by atoms with van der Waals surface area (Å²) in [6, 6.07) is -0.860. The molecule has 1 heterocycles. The molecule has 0 aromatic heterocycles. The number of hydrogen-bond donors (Lipinski definition) is 5. The first-order chi connectivity index (χ1) is 16.8. The molecule has 12 heteroatoms. The average Bonchev–Trinajstić information content (AvgIpc) is 3.07. The summed E-state index contributed by atoms with van der Waals surface area (Å²) in [7, 11) is -4.02. The smallest absolute Gasteiger partial charge is 0.325 e. The van der Waals surface area contributed by atoms with Crippen molar-refractivity contribution in [2.45, 2.75) is 96.8 Å². The molecule has 1 aliphatic rings. The SMILES string of the molecule is Cc1c(C)c(S(=O)(=O)NC(=N)NCCC[C@H](N)C(=O)NCC(=O)OC(C)(C)C)c(C)c2c1OC(C)(C)C2. The van der Waals surface area contributed by atoms with Gasteiger partial charge in [-0.2, -0.15) is 0 Å². The Kier molecular flexibility index (Phi) is 9.24. The summed E-state index contributed by atoms with van der Waals surface area (Å²) in [5.41, 5.74) is 7.64. The van der Waals surface area contributed by atoms with Crippen molar-refractivity contribution < 1.29 is 27.5 Å². The van der Waals surface area contributed by atoms with E-state index in [-0.39, 0.29) is 30.4 Å². The van der Waals surface area contributed by atoms with Crippen LogP contribution in [-0.4, -0.2) is 56.6 Å². The van der Waals surface area contributed by atoms with Crippen LogP contribution in [0.3, 0.4) is 0 Å². The Bertz CT molecular complexity index is 1170. The Labute approximate surface area is 219 Å². The van der Waals surface area contributed by atoms with Crippen molar-refractivity contribution in [2.75, 3.05) is 13.1 Å². The Balaban J connectivity index is 1.89. The van der Waals surface area contributed by atoms with Crippen LogP contribution in [0.2, 0.25) is 0 Å². The fourth-order valence-electron chi connectivity index (χ4n) is 4.20. The van der Waals surface area contributed by atoms with Gasteiger partial charge in [-0.15, -0.1) is 0 Å². The lowest BCUT2D eigenvalue weighted by atomic mass is 9.94. The number of benzene rings is 1. The molecule has 37 heavy (non-hydrogen) atoms. The molecule has 208 valence electrons. The van der Waals surface area contributed by atoms with Gasteiger partial charge in [0.05, 0.1) is 10.9 Å². The minimum atomic E-state index is -4.02.